The summed E-state index contributed by atoms with van der Waals surface area (Å²) in [4.78, 5) is 33.0. The quantitative estimate of drug-likeness (QED) is 0.487. The van der Waals surface area contributed by atoms with E-state index in [4.69, 9.17) is 4.74 Å². The van der Waals surface area contributed by atoms with Gasteiger partial charge in [-0.1, -0.05) is 35.6 Å². The lowest BCUT2D eigenvalue weighted by molar-refractivity contribution is -0.123. The molecule has 2 aromatic carbocycles. The molecule has 33 heavy (non-hydrogen) atoms. The first kappa shape index (κ1) is 22.3. The topological polar surface area (TPSA) is 115 Å². The minimum atomic E-state index is -0.558. The molecule has 1 aliphatic rings. The minimum Gasteiger partial charge on any atom is -0.489 e. The van der Waals surface area contributed by atoms with Gasteiger partial charge >= 0.3 is 0 Å². The van der Waals surface area contributed by atoms with Crippen molar-refractivity contribution in [3.63, 3.8) is 0 Å². The first-order valence-corrected chi connectivity index (χ1v) is 10.7. The normalized spacial score (nSPS) is 16.1. The highest BCUT2D eigenvalue weighted by Crippen LogP contribution is 2.31. The number of ether oxygens (including phenoxy) is 1. The fourth-order valence-corrected chi connectivity index (χ4v) is 3.63. The average molecular weight is 450 g/mol. The van der Waals surface area contributed by atoms with Crippen LogP contribution in [-0.4, -0.2) is 59.6 Å². The molecule has 0 radical (unpaired) electrons. The number of hydrogen-bond donors (Lipinski definition) is 2. The molecule has 3 aromatic rings. The average Bonchev–Trinajstić information content (AvgIpc) is 3.42. The number of nitrogens with zero attached hydrogens (tertiary/aromatic N) is 5. The maximum absolute atomic E-state index is 12.6. The minimum absolute atomic E-state index is 0.199. The zero-order chi connectivity index (χ0) is 23.4. The van der Waals surface area contributed by atoms with E-state index in [2.05, 4.69) is 25.6 Å². The highest BCUT2D eigenvalue weighted by atomic mass is 16.5. The van der Waals surface area contributed by atoms with Crippen molar-refractivity contribution >= 4 is 29.0 Å². The Bertz CT molecular complexity index is 1160. The van der Waals surface area contributed by atoms with Crippen LogP contribution in [0.5, 0.6) is 5.75 Å². The molecular weight excluding hydrogens is 422 g/mol. The van der Waals surface area contributed by atoms with E-state index in [0.29, 0.717) is 30.9 Å². The van der Waals surface area contributed by atoms with E-state index in [0.717, 1.165) is 22.4 Å². The number of rotatable bonds is 9. The molecule has 1 aromatic heterocycles. The van der Waals surface area contributed by atoms with E-state index in [-0.39, 0.29) is 18.6 Å². The lowest BCUT2D eigenvalue weighted by Crippen LogP contribution is -2.43. The number of carbonyl (C=O) groups excluding carboxylic acids is 2. The Morgan fingerprint density at radius 3 is 2.91 bits per heavy atom. The van der Waals surface area contributed by atoms with Crippen molar-refractivity contribution in [1.82, 2.24) is 20.3 Å². The highest BCUT2D eigenvalue weighted by Gasteiger charge is 2.27. The Morgan fingerprint density at radius 2 is 2.15 bits per heavy atom. The van der Waals surface area contributed by atoms with Gasteiger partial charge in [0.25, 0.3) is 0 Å². The van der Waals surface area contributed by atoms with Crippen LogP contribution in [0, 0.1) is 6.92 Å². The lowest BCUT2D eigenvalue weighted by atomic mass is 10.2. The summed E-state index contributed by atoms with van der Waals surface area (Å²) in [6, 6.07) is 12.7. The zero-order valence-corrected chi connectivity index (χ0v) is 18.9. The zero-order valence-electron chi connectivity index (χ0n) is 18.9. The molecular formula is C23H27N7O3. The van der Waals surface area contributed by atoms with Crippen molar-refractivity contribution in [3.05, 3.63) is 53.9 Å². The van der Waals surface area contributed by atoms with Crippen molar-refractivity contribution in [2.24, 2.45) is 10.3 Å². The van der Waals surface area contributed by atoms with Crippen LogP contribution in [0.1, 0.15) is 18.3 Å². The van der Waals surface area contributed by atoms with Gasteiger partial charge in [-0.25, -0.2) is 4.98 Å². The maximum Gasteiger partial charge on any atom is 0.249 e. The predicted molar refractivity (Wildman–Crippen MR) is 124 cm³/mol. The van der Waals surface area contributed by atoms with Crippen LogP contribution in [0.15, 0.2) is 52.8 Å². The summed E-state index contributed by atoms with van der Waals surface area (Å²) in [7, 11) is 1.65. The van der Waals surface area contributed by atoms with Gasteiger partial charge in [0.05, 0.1) is 35.9 Å². The molecule has 0 fully saturated rings. The number of benzene rings is 2. The Kier molecular flexibility index (Phi) is 6.53. The molecule has 1 unspecified atom stereocenters. The third-order valence-corrected chi connectivity index (χ3v) is 5.31. The molecule has 0 saturated heterocycles. The monoisotopic (exact) mass is 449 g/mol. The molecule has 1 aliphatic heterocycles. The number of H-pyrrole nitrogens is 1. The molecule has 0 saturated carbocycles. The van der Waals surface area contributed by atoms with Crippen LogP contribution in [0.4, 0.5) is 5.69 Å². The maximum atomic E-state index is 12.6. The van der Waals surface area contributed by atoms with Crippen LogP contribution in [-0.2, 0) is 16.1 Å². The largest absolute Gasteiger partial charge is 0.489 e. The van der Waals surface area contributed by atoms with Crippen LogP contribution in [0.3, 0.4) is 0 Å². The number of aromatic amines is 1. The molecule has 2 N–H and O–H groups in total. The summed E-state index contributed by atoms with van der Waals surface area (Å²) in [5.74, 6) is 1.10. The van der Waals surface area contributed by atoms with E-state index in [1.807, 2.05) is 50.2 Å². The van der Waals surface area contributed by atoms with Crippen molar-refractivity contribution in [2.45, 2.75) is 32.5 Å². The summed E-state index contributed by atoms with van der Waals surface area (Å²) in [5.41, 5.74) is 3.27. The van der Waals surface area contributed by atoms with Gasteiger partial charge in [-0.05, 0) is 25.5 Å². The van der Waals surface area contributed by atoms with Crippen molar-refractivity contribution < 1.29 is 14.3 Å². The van der Waals surface area contributed by atoms with Crippen LogP contribution >= 0.6 is 0 Å². The van der Waals surface area contributed by atoms with E-state index >= 15 is 0 Å². The smallest absolute Gasteiger partial charge is 0.249 e. The van der Waals surface area contributed by atoms with Crippen LogP contribution in [0.25, 0.3) is 11.0 Å². The number of hydrogen-bond acceptors (Lipinski definition) is 7. The number of anilines is 1. The van der Waals surface area contributed by atoms with Crippen LogP contribution < -0.4 is 15.0 Å². The Hall–Kier alpha value is -3.95. The van der Waals surface area contributed by atoms with Gasteiger partial charge < -0.3 is 19.9 Å². The first-order valence-electron chi connectivity index (χ1n) is 10.7. The highest BCUT2D eigenvalue weighted by molar-refractivity contribution is 5.88. The SMILES string of the molecule is Cc1nc2cc(N(C)C=O)c(OC[C@@H](C)NC(=O)C3CN(Cc4ccccc4)N=N3)cc2[nH]1. The van der Waals surface area contributed by atoms with Gasteiger partial charge in [-0.15, -0.1) is 0 Å². The van der Waals surface area contributed by atoms with Crippen LogP contribution in [0.2, 0.25) is 0 Å². The number of aromatic nitrogens is 2. The lowest BCUT2D eigenvalue weighted by Gasteiger charge is -2.20. The van der Waals surface area contributed by atoms with E-state index in [1.165, 1.54) is 4.90 Å². The molecule has 2 heterocycles. The second-order valence-electron chi connectivity index (χ2n) is 8.15. The fourth-order valence-electron chi connectivity index (χ4n) is 3.63. The molecule has 2 amide bonds. The first-order chi connectivity index (χ1) is 15.9. The third-order valence-electron chi connectivity index (χ3n) is 5.31. The molecule has 2 atom stereocenters. The number of amides is 2. The molecule has 0 aliphatic carbocycles. The van der Waals surface area contributed by atoms with Gasteiger partial charge in [-0.2, -0.15) is 5.11 Å². The van der Waals surface area contributed by atoms with E-state index in [1.54, 1.807) is 18.1 Å². The molecule has 10 heteroatoms. The summed E-state index contributed by atoms with van der Waals surface area (Å²) in [5, 5.41) is 12.9. The number of aryl methyl sites for hydroxylation is 1. The molecule has 172 valence electrons. The fraction of sp³-hybridized carbons (Fsp3) is 0.348. The van der Waals surface area contributed by atoms with Gasteiger partial charge in [0.2, 0.25) is 12.3 Å². The standard InChI is InChI=1S/C23H27N7O3/c1-15(24-23(32)20-12-30(28-27-20)11-17-7-5-4-6-8-17)13-33-22-10-19-18(25-16(2)26-19)9-21(22)29(3)14-31/h4-10,14-15,20H,11-13H2,1-3H3,(H,24,32)(H,25,26)/t15-,20?/m1/s1. The molecule has 0 bridgehead atoms. The second kappa shape index (κ2) is 9.68. The molecule has 4 rings (SSSR count). The predicted octanol–water partition coefficient (Wildman–Crippen LogP) is 2.60. The van der Waals surface area contributed by atoms with Gasteiger partial charge in [-0.3, -0.25) is 14.6 Å². The second-order valence-corrected chi connectivity index (χ2v) is 8.15. The van der Waals surface area contributed by atoms with Crippen molar-refractivity contribution in [2.75, 3.05) is 25.1 Å². The van der Waals surface area contributed by atoms with Gasteiger partial charge in [0.1, 0.15) is 18.2 Å². The molecule has 10 nitrogen and oxygen atoms in total. The summed E-state index contributed by atoms with van der Waals surface area (Å²) >= 11 is 0. The van der Waals surface area contributed by atoms with E-state index in [9.17, 15) is 9.59 Å². The van der Waals surface area contributed by atoms with Crippen molar-refractivity contribution in [1.29, 1.82) is 0 Å². The van der Waals surface area contributed by atoms with Gasteiger partial charge in [0, 0.05) is 13.1 Å². The van der Waals surface area contributed by atoms with Gasteiger partial charge in [0.15, 0.2) is 6.04 Å². The number of imidazole rings is 1. The van der Waals surface area contributed by atoms with E-state index < -0.39 is 6.04 Å². The number of fused-ring (bicyclic) bond motifs is 1. The Morgan fingerprint density at radius 1 is 1.36 bits per heavy atom. The van der Waals surface area contributed by atoms with Crippen molar-refractivity contribution in [3.8, 4) is 5.75 Å². The Balaban J connectivity index is 1.33. The summed E-state index contributed by atoms with van der Waals surface area (Å²) in [6.45, 7) is 4.98. The third kappa shape index (κ3) is 5.28. The number of nitrogens with one attached hydrogen (secondary N) is 2. The number of carbonyl (C=O) groups is 2. The molecule has 0 spiro atoms. The Labute approximate surface area is 191 Å². The summed E-state index contributed by atoms with van der Waals surface area (Å²) < 4.78 is 5.98. The summed E-state index contributed by atoms with van der Waals surface area (Å²) in [6.07, 6.45) is 0.713.